The molecule has 22 heavy (non-hydrogen) atoms. The van der Waals surface area contributed by atoms with Crippen molar-refractivity contribution in [1.29, 1.82) is 0 Å². The molecule has 1 atom stereocenters. The smallest absolute Gasteiger partial charge is 0.109 e. The van der Waals surface area contributed by atoms with E-state index in [0.717, 1.165) is 26.2 Å². The zero-order valence-electron chi connectivity index (χ0n) is 14.4. The highest BCUT2D eigenvalue weighted by Crippen LogP contribution is 2.14. The van der Waals surface area contributed by atoms with Gasteiger partial charge < -0.3 is 14.6 Å². The average molecular weight is 339 g/mol. The SMILES string of the molecule is C[Si](C)(CO)c1ccc([Si](C)(C)CCCOCC2CO2)cc1. The van der Waals surface area contributed by atoms with Gasteiger partial charge in [-0.1, -0.05) is 66.9 Å². The van der Waals surface area contributed by atoms with Gasteiger partial charge in [0.2, 0.25) is 0 Å². The van der Waals surface area contributed by atoms with Crippen molar-refractivity contribution in [1.82, 2.24) is 0 Å². The van der Waals surface area contributed by atoms with Crippen molar-refractivity contribution in [2.24, 2.45) is 0 Å². The van der Waals surface area contributed by atoms with Crippen LogP contribution in [-0.2, 0) is 9.47 Å². The van der Waals surface area contributed by atoms with Crippen LogP contribution in [0.3, 0.4) is 0 Å². The Labute approximate surface area is 136 Å². The molecule has 1 aromatic rings. The van der Waals surface area contributed by atoms with E-state index in [2.05, 4.69) is 50.5 Å². The topological polar surface area (TPSA) is 42.0 Å². The lowest BCUT2D eigenvalue weighted by atomic mass is 10.4. The molecule has 1 fully saturated rings. The van der Waals surface area contributed by atoms with Gasteiger partial charge in [-0.25, -0.2) is 0 Å². The summed E-state index contributed by atoms with van der Waals surface area (Å²) in [5.41, 5.74) is 0. The van der Waals surface area contributed by atoms with Crippen molar-refractivity contribution < 1.29 is 14.6 Å². The fourth-order valence-electron chi connectivity index (χ4n) is 2.60. The van der Waals surface area contributed by atoms with Crippen molar-refractivity contribution in [3.05, 3.63) is 24.3 Å². The van der Waals surface area contributed by atoms with E-state index < -0.39 is 16.1 Å². The number of hydrogen-bond donors (Lipinski definition) is 1. The lowest BCUT2D eigenvalue weighted by molar-refractivity contribution is 0.117. The molecule has 5 heteroatoms. The van der Waals surface area contributed by atoms with E-state index in [-0.39, 0.29) is 0 Å². The van der Waals surface area contributed by atoms with E-state index in [4.69, 9.17) is 9.47 Å². The van der Waals surface area contributed by atoms with Crippen LogP contribution in [0.4, 0.5) is 0 Å². The summed E-state index contributed by atoms with van der Waals surface area (Å²) < 4.78 is 10.8. The Bertz CT molecular complexity index is 467. The summed E-state index contributed by atoms with van der Waals surface area (Å²) in [5.74, 6) is 0. The number of epoxide rings is 1. The molecule has 1 aliphatic heterocycles. The minimum Gasteiger partial charge on any atom is -0.399 e. The number of ether oxygens (including phenoxy) is 2. The van der Waals surface area contributed by atoms with Gasteiger partial charge in [0, 0.05) is 12.8 Å². The normalized spacial score (nSPS) is 18.5. The molecule has 0 aliphatic carbocycles. The predicted molar refractivity (Wildman–Crippen MR) is 97.7 cm³/mol. The molecular formula is C17H30O3Si2. The first kappa shape index (κ1) is 17.9. The fourth-order valence-corrected chi connectivity index (χ4v) is 6.24. The minimum atomic E-state index is -1.64. The summed E-state index contributed by atoms with van der Waals surface area (Å²) in [6.07, 6.45) is 1.82. The minimum absolute atomic E-state index is 0.315. The summed E-state index contributed by atoms with van der Waals surface area (Å²) in [6.45, 7) is 11.8. The third kappa shape index (κ3) is 5.03. The zero-order chi connectivity index (χ0) is 16.2. The highest BCUT2D eigenvalue weighted by Gasteiger charge is 2.26. The molecule has 0 bridgehead atoms. The average Bonchev–Trinajstić information content (AvgIpc) is 3.31. The molecule has 1 unspecified atom stereocenters. The Morgan fingerprint density at radius 1 is 1.09 bits per heavy atom. The maximum atomic E-state index is 9.53. The Balaban J connectivity index is 1.84. The highest BCUT2D eigenvalue weighted by molar-refractivity contribution is 6.91. The third-order valence-corrected chi connectivity index (χ3v) is 10.8. The van der Waals surface area contributed by atoms with Crippen LogP contribution in [0, 0.1) is 0 Å². The van der Waals surface area contributed by atoms with Crippen molar-refractivity contribution in [2.45, 2.75) is 44.8 Å². The van der Waals surface area contributed by atoms with Crippen LogP contribution in [-0.4, -0.2) is 53.4 Å². The Morgan fingerprint density at radius 3 is 2.14 bits per heavy atom. The Hall–Kier alpha value is -0.466. The van der Waals surface area contributed by atoms with Gasteiger partial charge in [-0.3, -0.25) is 0 Å². The van der Waals surface area contributed by atoms with Gasteiger partial charge >= 0.3 is 0 Å². The molecular weight excluding hydrogens is 308 g/mol. The number of rotatable bonds is 9. The largest absolute Gasteiger partial charge is 0.399 e. The predicted octanol–water partition coefficient (Wildman–Crippen LogP) is 1.85. The van der Waals surface area contributed by atoms with E-state index in [0.29, 0.717) is 12.3 Å². The molecule has 0 aromatic heterocycles. The summed E-state index contributed by atoms with van der Waals surface area (Å²) in [5, 5.41) is 12.4. The van der Waals surface area contributed by atoms with E-state index in [1.54, 1.807) is 0 Å². The lowest BCUT2D eigenvalue weighted by Crippen LogP contribution is -2.47. The van der Waals surface area contributed by atoms with E-state index in [1.165, 1.54) is 16.4 Å². The van der Waals surface area contributed by atoms with E-state index in [1.807, 2.05) is 0 Å². The van der Waals surface area contributed by atoms with Crippen molar-refractivity contribution >= 4 is 26.5 Å². The van der Waals surface area contributed by atoms with Gasteiger partial charge in [-0.15, -0.1) is 0 Å². The molecule has 1 saturated heterocycles. The standard InChI is InChI=1S/C17H30O3Si2/c1-21(2,11-5-10-19-12-15-13-20-15)16-6-8-17(9-7-16)22(3,4)14-18/h6-9,15,18H,5,10-14H2,1-4H3. The first-order valence-corrected chi connectivity index (χ1v) is 14.7. The zero-order valence-corrected chi connectivity index (χ0v) is 16.4. The van der Waals surface area contributed by atoms with E-state index in [9.17, 15) is 5.11 Å². The van der Waals surface area contributed by atoms with Crippen LogP contribution in [0.1, 0.15) is 6.42 Å². The van der Waals surface area contributed by atoms with Gasteiger partial charge in [-0.2, -0.15) is 0 Å². The summed E-state index contributed by atoms with van der Waals surface area (Å²) in [6, 6.07) is 10.3. The number of benzene rings is 1. The highest BCUT2D eigenvalue weighted by atomic mass is 28.3. The second-order valence-electron chi connectivity index (χ2n) is 7.64. The number of aliphatic hydroxyl groups excluding tert-OH is 1. The van der Waals surface area contributed by atoms with Crippen LogP contribution in [0.2, 0.25) is 32.2 Å². The number of hydrogen-bond acceptors (Lipinski definition) is 3. The van der Waals surface area contributed by atoms with Crippen LogP contribution in [0.5, 0.6) is 0 Å². The molecule has 2 rings (SSSR count). The molecule has 1 N–H and O–H groups in total. The maximum absolute atomic E-state index is 9.53. The molecule has 0 spiro atoms. The molecule has 1 aliphatic rings. The molecule has 124 valence electrons. The van der Waals surface area contributed by atoms with Crippen LogP contribution in [0.15, 0.2) is 24.3 Å². The third-order valence-electron chi connectivity index (χ3n) is 4.64. The van der Waals surface area contributed by atoms with E-state index >= 15 is 0 Å². The quantitative estimate of drug-likeness (QED) is 0.424. The fraction of sp³-hybridized carbons (Fsp3) is 0.647. The second kappa shape index (κ2) is 7.40. The van der Waals surface area contributed by atoms with Crippen LogP contribution >= 0.6 is 0 Å². The van der Waals surface area contributed by atoms with Crippen molar-refractivity contribution in [3.63, 3.8) is 0 Å². The molecule has 1 aromatic carbocycles. The lowest BCUT2D eigenvalue weighted by Gasteiger charge is -2.25. The van der Waals surface area contributed by atoms with Gasteiger partial charge in [0.15, 0.2) is 0 Å². The van der Waals surface area contributed by atoms with Crippen LogP contribution in [0.25, 0.3) is 0 Å². The molecule has 0 amide bonds. The van der Waals surface area contributed by atoms with Gasteiger partial charge in [0.1, 0.15) is 14.2 Å². The second-order valence-corrected chi connectivity index (χ2v) is 17.1. The summed E-state index contributed by atoms with van der Waals surface area (Å²) in [7, 11) is -3.03. The molecule has 1 heterocycles. The summed E-state index contributed by atoms with van der Waals surface area (Å²) >= 11 is 0. The van der Waals surface area contributed by atoms with Gasteiger partial charge in [0.25, 0.3) is 0 Å². The molecule has 0 radical (unpaired) electrons. The van der Waals surface area contributed by atoms with Crippen molar-refractivity contribution in [2.75, 3.05) is 26.1 Å². The first-order chi connectivity index (χ1) is 10.3. The summed E-state index contributed by atoms with van der Waals surface area (Å²) in [4.78, 5) is 0. The monoisotopic (exact) mass is 338 g/mol. The maximum Gasteiger partial charge on any atom is 0.109 e. The molecule has 3 nitrogen and oxygen atoms in total. The van der Waals surface area contributed by atoms with Crippen molar-refractivity contribution in [3.8, 4) is 0 Å². The Kier molecular flexibility index (Phi) is 6.02. The Morgan fingerprint density at radius 2 is 1.64 bits per heavy atom. The van der Waals surface area contributed by atoms with Gasteiger partial charge in [0.05, 0.1) is 21.3 Å². The molecule has 0 saturated carbocycles. The first-order valence-electron chi connectivity index (χ1n) is 8.26. The van der Waals surface area contributed by atoms with Gasteiger partial charge in [-0.05, 0) is 6.42 Å². The van der Waals surface area contributed by atoms with Crippen LogP contribution < -0.4 is 10.4 Å². The number of aliphatic hydroxyl groups is 1.